The van der Waals surface area contributed by atoms with Gasteiger partial charge in [0.1, 0.15) is 17.1 Å². The number of hydrogen-bond acceptors (Lipinski definition) is 5. The van der Waals surface area contributed by atoms with Crippen LogP contribution in [0.15, 0.2) is 41.5 Å². The number of fused-ring (bicyclic) bond motifs is 2. The van der Waals surface area contributed by atoms with E-state index in [2.05, 4.69) is 10.3 Å². The molecule has 6 nitrogen and oxygen atoms in total. The van der Waals surface area contributed by atoms with E-state index in [-0.39, 0.29) is 24.1 Å². The van der Waals surface area contributed by atoms with Gasteiger partial charge in [-0.15, -0.1) is 11.3 Å². The molecule has 1 aliphatic rings. The molecule has 1 unspecified atom stereocenters. The molecule has 3 heterocycles. The molecule has 0 saturated carbocycles. The van der Waals surface area contributed by atoms with Crippen LogP contribution in [0.5, 0.6) is 5.75 Å². The standard InChI is InChI=1S/C19H19N3O3S/c1-2-12-9-14-18(26-12)20-11-22(19(14)24)10-17(23)21-15-7-8-25-16-6-4-3-5-13(15)16/h3-6,9,11,15H,2,7-8,10H2,1H3,(H,21,23). The first kappa shape index (κ1) is 16.8. The van der Waals surface area contributed by atoms with Crippen LogP contribution in [0.2, 0.25) is 0 Å². The van der Waals surface area contributed by atoms with Gasteiger partial charge in [-0.25, -0.2) is 4.98 Å². The van der Waals surface area contributed by atoms with Gasteiger partial charge in [-0.2, -0.15) is 0 Å². The first-order valence-corrected chi connectivity index (χ1v) is 9.46. The van der Waals surface area contributed by atoms with Crippen molar-refractivity contribution in [2.24, 2.45) is 0 Å². The number of carbonyl (C=O) groups excluding carboxylic acids is 1. The lowest BCUT2D eigenvalue weighted by atomic mass is 10.0. The summed E-state index contributed by atoms with van der Waals surface area (Å²) in [6.07, 6.45) is 3.03. The molecule has 2 aromatic heterocycles. The Morgan fingerprint density at radius 1 is 1.42 bits per heavy atom. The summed E-state index contributed by atoms with van der Waals surface area (Å²) in [7, 11) is 0. The molecule has 1 aliphatic heterocycles. The van der Waals surface area contributed by atoms with E-state index in [1.807, 2.05) is 37.3 Å². The Bertz CT molecular complexity index is 1020. The van der Waals surface area contributed by atoms with Gasteiger partial charge in [-0.1, -0.05) is 25.1 Å². The highest BCUT2D eigenvalue weighted by Crippen LogP contribution is 2.31. The summed E-state index contributed by atoms with van der Waals surface area (Å²) in [6.45, 7) is 2.56. The van der Waals surface area contributed by atoms with E-state index >= 15 is 0 Å². The van der Waals surface area contributed by atoms with E-state index in [1.54, 1.807) is 0 Å². The van der Waals surface area contributed by atoms with Crippen molar-refractivity contribution in [3.05, 3.63) is 57.5 Å². The number of amides is 1. The molecule has 1 amide bonds. The SMILES string of the molecule is CCc1cc2c(=O)n(CC(=O)NC3CCOc4ccccc43)cnc2s1. The molecule has 4 rings (SSSR count). The number of ether oxygens (including phenoxy) is 1. The lowest BCUT2D eigenvalue weighted by Crippen LogP contribution is -2.36. The molecule has 26 heavy (non-hydrogen) atoms. The maximum absolute atomic E-state index is 12.6. The molecular weight excluding hydrogens is 350 g/mol. The van der Waals surface area contributed by atoms with Crippen molar-refractivity contribution in [1.29, 1.82) is 0 Å². The lowest BCUT2D eigenvalue weighted by molar-refractivity contribution is -0.122. The van der Waals surface area contributed by atoms with Gasteiger partial charge >= 0.3 is 0 Å². The van der Waals surface area contributed by atoms with Gasteiger partial charge in [0, 0.05) is 16.9 Å². The quantitative estimate of drug-likeness (QED) is 0.767. The van der Waals surface area contributed by atoms with Crippen molar-refractivity contribution in [3.63, 3.8) is 0 Å². The molecule has 0 fully saturated rings. The van der Waals surface area contributed by atoms with Crippen LogP contribution in [-0.4, -0.2) is 22.1 Å². The topological polar surface area (TPSA) is 73.2 Å². The van der Waals surface area contributed by atoms with Crippen LogP contribution in [0, 0.1) is 0 Å². The monoisotopic (exact) mass is 369 g/mol. The number of rotatable bonds is 4. The second-order valence-electron chi connectivity index (χ2n) is 6.26. The Morgan fingerprint density at radius 3 is 3.12 bits per heavy atom. The van der Waals surface area contributed by atoms with Gasteiger partial charge in [-0.05, 0) is 18.6 Å². The number of nitrogens with zero attached hydrogens (tertiary/aromatic N) is 2. The molecule has 0 saturated heterocycles. The molecule has 1 atom stereocenters. The van der Waals surface area contributed by atoms with Gasteiger partial charge in [0.25, 0.3) is 5.56 Å². The molecule has 0 aliphatic carbocycles. The molecule has 1 aromatic carbocycles. The summed E-state index contributed by atoms with van der Waals surface area (Å²) in [6, 6.07) is 9.46. The van der Waals surface area contributed by atoms with Gasteiger partial charge in [0.05, 0.1) is 24.4 Å². The van der Waals surface area contributed by atoms with E-state index in [0.29, 0.717) is 18.4 Å². The molecule has 7 heteroatoms. The maximum Gasteiger partial charge on any atom is 0.262 e. The highest BCUT2D eigenvalue weighted by atomic mass is 32.1. The fraction of sp³-hybridized carbons (Fsp3) is 0.316. The first-order valence-electron chi connectivity index (χ1n) is 8.64. The van der Waals surface area contributed by atoms with E-state index in [9.17, 15) is 9.59 Å². The third-order valence-corrected chi connectivity index (χ3v) is 5.71. The van der Waals surface area contributed by atoms with Crippen molar-refractivity contribution in [3.8, 4) is 5.75 Å². The summed E-state index contributed by atoms with van der Waals surface area (Å²) in [4.78, 5) is 31.3. The molecule has 0 bridgehead atoms. The number of carbonyl (C=O) groups is 1. The van der Waals surface area contributed by atoms with Crippen molar-refractivity contribution in [2.45, 2.75) is 32.4 Å². The Labute approximate surface area is 154 Å². The fourth-order valence-corrected chi connectivity index (χ4v) is 4.11. The minimum Gasteiger partial charge on any atom is -0.493 e. The number of benzene rings is 1. The van der Waals surface area contributed by atoms with E-state index in [0.717, 1.165) is 27.4 Å². The van der Waals surface area contributed by atoms with E-state index < -0.39 is 0 Å². The van der Waals surface area contributed by atoms with E-state index in [1.165, 1.54) is 22.2 Å². The molecule has 0 spiro atoms. The molecule has 1 N–H and O–H groups in total. The predicted octanol–water partition coefficient (Wildman–Crippen LogP) is 2.66. The zero-order chi connectivity index (χ0) is 18.1. The van der Waals surface area contributed by atoms with Gasteiger partial charge < -0.3 is 10.1 Å². The normalized spacial score (nSPS) is 16.1. The van der Waals surface area contributed by atoms with Crippen LogP contribution >= 0.6 is 11.3 Å². The average molecular weight is 369 g/mol. The third-order valence-electron chi connectivity index (χ3n) is 4.53. The highest BCUT2D eigenvalue weighted by molar-refractivity contribution is 7.18. The number of para-hydroxylation sites is 1. The highest BCUT2D eigenvalue weighted by Gasteiger charge is 2.23. The third kappa shape index (κ3) is 3.10. The Morgan fingerprint density at radius 2 is 2.27 bits per heavy atom. The number of thiophene rings is 1. The number of hydrogen-bond donors (Lipinski definition) is 1. The lowest BCUT2D eigenvalue weighted by Gasteiger charge is -2.26. The van der Waals surface area contributed by atoms with Crippen LogP contribution in [0.1, 0.15) is 29.8 Å². The first-order chi connectivity index (χ1) is 12.7. The van der Waals surface area contributed by atoms with Crippen molar-refractivity contribution in [2.75, 3.05) is 6.61 Å². The summed E-state index contributed by atoms with van der Waals surface area (Å²) < 4.78 is 6.99. The average Bonchev–Trinajstić information content (AvgIpc) is 3.09. The van der Waals surface area contributed by atoms with Crippen molar-refractivity contribution in [1.82, 2.24) is 14.9 Å². The van der Waals surface area contributed by atoms with Gasteiger partial charge in [0.2, 0.25) is 5.91 Å². The van der Waals surface area contributed by atoms with Crippen LogP contribution in [0.3, 0.4) is 0 Å². The second-order valence-corrected chi connectivity index (χ2v) is 7.37. The maximum atomic E-state index is 12.6. The summed E-state index contributed by atoms with van der Waals surface area (Å²) >= 11 is 1.52. The van der Waals surface area contributed by atoms with Crippen LogP contribution in [0.25, 0.3) is 10.2 Å². The summed E-state index contributed by atoms with van der Waals surface area (Å²) in [5, 5.41) is 3.59. The zero-order valence-electron chi connectivity index (χ0n) is 14.4. The van der Waals surface area contributed by atoms with Gasteiger partial charge in [0.15, 0.2) is 0 Å². The van der Waals surface area contributed by atoms with Crippen molar-refractivity contribution >= 4 is 27.5 Å². The van der Waals surface area contributed by atoms with Crippen LogP contribution in [-0.2, 0) is 17.8 Å². The Kier molecular flexibility index (Phi) is 4.46. The Balaban J connectivity index is 1.53. The number of aryl methyl sites for hydroxylation is 1. The molecular formula is C19H19N3O3S. The van der Waals surface area contributed by atoms with Crippen LogP contribution < -0.4 is 15.6 Å². The molecule has 3 aromatic rings. The smallest absolute Gasteiger partial charge is 0.262 e. The molecule has 134 valence electrons. The van der Waals surface area contributed by atoms with Gasteiger partial charge in [-0.3, -0.25) is 14.2 Å². The number of aromatic nitrogens is 2. The fourth-order valence-electron chi connectivity index (χ4n) is 3.18. The largest absolute Gasteiger partial charge is 0.493 e. The summed E-state index contributed by atoms with van der Waals surface area (Å²) in [5.74, 6) is 0.593. The Hall–Kier alpha value is -2.67. The van der Waals surface area contributed by atoms with Crippen molar-refractivity contribution < 1.29 is 9.53 Å². The predicted molar refractivity (Wildman–Crippen MR) is 101 cm³/mol. The van der Waals surface area contributed by atoms with E-state index in [4.69, 9.17) is 4.74 Å². The minimum absolute atomic E-state index is 0.0431. The molecule has 0 radical (unpaired) electrons. The summed E-state index contributed by atoms with van der Waals surface area (Å²) in [5.41, 5.74) is 0.798. The second kappa shape index (κ2) is 6.92. The number of nitrogens with one attached hydrogen (secondary N) is 1. The van der Waals surface area contributed by atoms with Crippen LogP contribution in [0.4, 0.5) is 0 Å². The zero-order valence-corrected chi connectivity index (χ0v) is 15.2. The minimum atomic E-state index is -0.208.